The summed E-state index contributed by atoms with van der Waals surface area (Å²) >= 11 is 0. The zero-order valence-corrected chi connectivity index (χ0v) is 19.9. The van der Waals surface area contributed by atoms with Crippen LogP contribution in [0.2, 0.25) is 0 Å². The van der Waals surface area contributed by atoms with Crippen LogP contribution in [0.4, 0.5) is 0 Å². The van der Waals surface area contributed by atoms with Crippen molar-refractivity contribution in [3.63, 3.8) is 0 Å². The molecule has 2 N–H and O–H groups in total. The monoisotopic (exact) mass is 465 g/mol. The molecule has 5 atom stereocenters. The van der Waals surface area contributed by atoms with Crippen molar-refractivity contribution in [1.29, 1.82) is 0 Å². The first-order chi connectivity index (χ1) is 16.2. The number of aliphatic hydroxyl groups is 2. The minimum Gasteiger partial charge on any atom is -0.493 e. The van der Waals surface area contributed by atoms with Crippen molar-refractivity contribution in [2.24, 2.45) is 0 Å². The number of ether oxygens (including phenoxy) is 3. The van der Waals surface area contributed by atoms with Crippen LogP contribution in [0.25, 0.3) is 0 Å². The lowest BCUT2D eigenvalue weighted by Gasteiger charge is -2.58. The van der Waals surface area contributed by atoms with Crippen molar-refractivity contribution >= 4 is 5.97 Å². The van der Waals surface area contributed by atoms with Gasteiger partial charge in [-0.25, -0.2) is 4.79 Å². The minimum absolute atomic E-state index is 0.160. The molecule has 2 heterocycles. The first kappa shape index (κ1) is 22.9. The number of carbonyl (C=O) groups is 1. The highest BCUT2D eigenvalue weighted by Crippen LogP contribution is 2.62. The summed E-state index contributed by atoms with van der Waals surface area (Å²) in [7, 11) is 3.60. The molecule has 7 nitrogen and oxygen atoms in total. The molecule has 1 saturated heterocycles. The van der Waals surface area contributed by atoms with Gasteiger partial charge in [0, 0.05) is 18.0 Å². The molecule has 7 heteroatoms. The molecule has 0 unspecified atom stereocenters. The van der Waals surface area contributed by atoms with E-state index in [1.54, 1.807) is 37.5 Å². The number of likely N-dealkylation sites (N-methyl/N-ethyl adjacent to an activating group) is 1. The van der Waals surface area contributed by atoms with E-state index in [0.717, 1.165) is 17.7 Å². The average molecular weight is 466 g/mol. The van der Waals surface area contributed by atoms with Crippen LogP contribution in [0.5, 0.6) is 11.5 Å². The largest absolute Gasteiger partial charge is 0.493 e. The molecule has 5 rings (SSSR count). The Kier molecular flexibility index (Phi) is 5.47. The third-order valence-electron chi connectivity index (χ3n) is 8.09. The second-order valence-corrected chi connectivity index (χ2v) is 9.63. The lowest BCUT2D eigenvalue weighted by Crippen LogP contribution is -2.71. The lowest BCUT2D eigenvalue weighted by atomic mass is 9.54. The Morgan fingerprint density at radius 2 is 1.97 bits per heavy atom. The molecule has 0 bridgehead atoms. The number of methoxy groups -OCH3 is 1. The third kappa shape index (κ3) is 3.04. The molecule has 0 radical (unpaired) electrons. The predicted molar refractivity (Wildman–Crippen MR) is 126 cm³/mol. The van der Waals surface area contributed by atoms with Gasteiger partial charge in [0.25, 0.3) is 0 Å². The maximum atomic E-state index is 13.0. The maximum Gasteiger partial charge on any atom is 0.344 e. The van der Waals surface area contributed by atoms with Gasteiger partial charge in [-0.05, 0) is 57.1 Å². The van der Waals surface area contributed by atoms with Crippen LogP contribution in [0.15, 0.2) is 54.3 Å². The van der Waals surface area contributed by atoms with E-state index in [-0.39, 0.29) is 6.04 Å². The molecule has 3 aliphatic rings. The fraction of sp³-hybridized carbons (Fsp3) is 0.444. The van der Waals surface area contributed by atoms with Crippen molar-refractivity contribution in [2.45, 2.75) is 56.0 Å². The summed E-state index contributed by atoms with van der Waals surface area (Å²) in [6.45, 7) is 4.77. The van der Waals surface area contributed by atoms with Gasteiger partial charge in [0.2, 0.25) is 0 Å². The standard InChI is InChI=1S/C27H31NO6/c1-16-10-11-19(32-4)23-21(16)26-14-15-28(3)17(2)27(26,31)13-12-20(24(26)34-23)33-25(30)22(29)18-8-6-5-7-9-18/h5-12,17,22,24,29,31H,13-15H2,1-4H3/t17-,22-,24+,26+,27-/m1/s1. The highest BCUT2D eigenvalue weighted by Gasteiger charge is 2.69. The van der Waals surface area contributed by atoms with Crippen molar-refractivity contribution in [1.82, 2.24) is 4.90 Å². The predicted octanol–water partition coefficient (Wildman–Crippen LogP) is 3.02. The molecule has 0 saturated carbocycles. The van der Waals surface area contributed by atoms with Crippen molar-refractivity contribution in [3.8, 4) is 11.5 Å². The lowest BCUT2D eigenvalue weighted by molar-refractivity contribution is -0.166. The minimum atomic E-state index is -1.42. The van der Waals surface area contributed by atoms with Gasteiger partial charge < -0.3 is 29.3 Å². The Hall–Kier alpha value is -2.87. The zero-order chi connectivity index (χ0) is 24.3. The van der Waals surface area contributed by atoms with Crippen molar-refractivity contribution < 1.29 is 29.2 Å². The molecular weight excluding hydrogens is 434 g/mol. The molecule has 1 spiro atoms. The van der Waals surface area contributed by atoms with Crippen LogP contribution in [0.1, 0.15) is 42.6 Å². The van der Waals surface area contributed by atoms with Crippen molar-refractivity contribution in [3.05, 3.63) is 71.0 Å². The Balaban J connectivity index is 1.60. The zero-order valence-electron chi connectivity index (χ0n) is 19.9. The first-order valence-electron chi connectivity index (χ1n) is 11.7. The molecule has 1 fully saturated rings. The van der Waals surface area contributed by atoms with Gasteiger partial charge in [-0.3, -0.25) is 0 Å². The Morgan fingerprint density at radius 1 is 1.24 bits per heavy atom. The van der Waals surface area contributed by atoms with Gasteiger partial charge >= 0.3 is 5.97 Å². The smallest absolute Gasteiger partial charge is 0.344 e. The molecule has 1 aliphatic carbocycles. The SMILES string of the molecule is COc1ccc(C)c2c1O[C@H]1C(OC(=O)[C@H](O)c3ccccc3)=CC[C@@]3(O)[C@@H](C)N(C)CC[C@]213. The highest BCUT2D eigenvalue weighted by atomic mass is 16.6. The van der Waals surface area contributed by atoms with E-state index in [4.69, 9.17) is 14.2 Å². The van der Waals surface area contributed by atoms with Gasteiger partial charge in [-0.2, -0.15) is 0 Å². The van der Waals surface area contributed by atoms with Crippen LogP contribution in [0.3, 0.4) is 0 Å². The number of benzene rings is 2. The van der Waals surface area contributed by atoms with Crippen molar-refractivity contribution in [2.75, 3.05) is 20.7 Å². The van der Waals surface area contributed by atoms with E-state index in [9.17, 15) is 15.0 Å². The second kappa shape index (κ2) is 8.12. The topological polar surface area (TPSA) is 88.5 Å². The normalized spacial score (nSPS) is 30.8. The van der Waals surface area contributed by atoms with Crippen LogP contribution >= 0.6 is 0 Å². The number of likely N-dealkylation sites (tertiary alicyclic amines) is 1. The molecule has 2 aliphatic heterocycles. The Bertz CT molecular complexity index is 1150. The molecule has 180 valence electrons. The van der Waals surface area contributed by atoms with Gasteiger partial charge in [0.15, 0.2) is 23.7 Å². The van der Waals surface area contributed by atoms with E-state index in [2.05, 4.69) is 4.90 Å². The summed E-state index contributed by atoms with van der Waals surface area (Å²) in [5.41, 5.74) is 0.377. The first-order valence-corrected chi connectivity index (χ1v) is 11.7. The quantitative estimate of drug-likeness (QED) is 0.671. The Labute approximate surface area is 199 Å². The summed E-state index contributed by atoms with van der Waals surface area (Å²) in [6.07, 6.45) is 0.502. The number of carbonyl (C=O) groups excluding carboxylic acids is 1. The molecule has 0 amide bonds. The average Bonchev–Trinajstić information content (AvgIpc) is 3.21. The van der Waals surface area contributed by atoms with Crippen LogP contribution in [-0.2, 0) is 14.9 Å². The number of fused-ring (bicyclic) bond motifs is 1. The summed E-state index contributed by atoms with van der Waals surface area (Å²) in [4.78, 5) is 15.1. The van der Waals surface area contributed by atoms with Crippen LogP contribution < -0.4 is 9.47 Å². The van der Waals surface area contributed by atoms with Gasteiger partial charge in [-0.15, -0.1) is 0 Å². The number of hydrogen-bond acceptors (Lipinski definition) is 7. The maximum absolute atomic E-state index is 13.0. The summed E-state index contributed by atoms with van der Waals surface area (Å²) < 4.78 is 17.9. The second-order valence-electron chi connectivity index (χ2n) is 9.63. The van der Waals surface area contributed by atoms with E-state index in [1.807, 2.05) is 39.1 Å². The highest BCUT2D eigenvalue weighted by molar-refractivity contribution is 5.77. The van der Waals surface area contributed by atoms with Gasteiger partial charge in [0.1, 0.15) is 5.76 Å². The van der Waals surface area contributed by atoms with Gasteiger partial charge in [-0.1, -0.05) is 36.4 Å². The fourth-order valence-electron chi connectivity index (χ4n) is 6.10. The fourth-order valence-corrected chi connectivity index (χ4v) is 6.10. The van der Waals surface area contributed by atoms with Crippen LogP contribution in [0, 0.1) is 6.92 Å². The summed E-state index contributed by atoms with van der Waals surface area (Å²) in [6, 6.07) is 12.4. The number of piperidine rings is 1. The number of nitrogens with zero attached hydrogens (tertiary/aromatic N) is 1. The molecule has 2 aromatic carbocycles. The number of aryl methyl sites for hydroxylation is 1. The van der Waals surface area contributed by atoms with E-state index in [1.165, 1.54) is 0 Å². The van der Waals surface area contributed by atoms with E-state index >= 15 is 0 Å². The number of aliphatic hydroxyl groups excluding tert-OH is 1. The number of esters is 1. The Morgan fingerprint density at radius 3 is 2.68 bits per heavy atom. The van der Waals surface area contributed by atoms with E-state index in [0.29, 0.717) is 35.7 Å². The van der Waals surface area contributed by atoms with Gasteiger partial charge in [0.05, 0.1) is 18.1 Å². The summed E-state index contributed by atoms with van der Waals surface area (Å²) in [5, 5.41) is 22.9. The summed E-state index contributed by atoms with van der Waals surface area (Å²) in [5.74, 6) is 0.699. The van der Waals surface area contributed by atoms with Crippen LogP contribution in [-0.4, -0.2) is 59.5 Å². The third-order valence-corrected chi connectivity index (χ3v) is 8.09. The molecular formula is C27H31NO6. The molecule has 0 aromatic heterocycles. The molecule has 34 heavy (non-hydrogen) atoms. The number of rotatable bonds is 4. The molecule has 2 aromatic rings. The number of hydrogen-bond donors (Lipinski definition) is 2. The van der Waals surface area contributed by atoms with E-state index < -0.39 is 29.2 Å².